The second-order valence-corrected chi connectivity index (χ2v) is 6.87. The van der Waals surface area contributed by atoms with Crippen LogP contribution in [-0.2, 0) is 0 Å². The Labute approximate surface area is 124 Å². The van der Waals surface area contributed by atoms with Crippen molar-refractivity contribution in [2.45, 2.75) is 6.92 Å². The van der Waals surface area contributed by atoms with E-state index >= 15 is 0 Å². The maximum atomic E-state index is 12.7. The molecule has 19 heavy (non-hydrogen) atoms. The zero-order chi connectivity index (χ0) is 13.4. The summed E-state index contributed by atoms with van der Waals surface area (Å²) in [7, 11) is 0. The fourth-order valence-electron chi connectivity index (χ4n) is 2.24. The van der Waals surface area contributed by atoms with E-state index in [9.17, 15) is 4.79 Å². The van der Waals surface area contributed by atoms with E-state index in [0.29, 0.717) is 0 Å². The molecule has 0 aliphatic carbocycles. The standard InChI is InChI=1S/C16H11BrOS/c1-10-6-7-11-4-2-3-5-12(11)15(10)16(18)13-8-9-14(17)19-13/h2-9H,1H3. The molecule has 0 atom stereocenters. The summed E-state index contributed by atoms with van der Waals surface area (Å²) >= 11 is 4.88. The summed E-state index contributed by atoms with van der Waals surface area (Å²) in [6.45, 7) is 1.99. The topological polar surface area (TPSA) is 17.1 Å². The van der Waals surface area contributed by atoms with Crippen LogP contribution in [0.2, 0.25) is 0 Å². The third kappa shape index (κ3) is 2.24. The van der Waals surface area contributed by atoms with Gasteiger partial charge in [0.05, 0.1) is 8.66 Å². The minimum absolute atomic E-state index is 0.102. The minimum Gasteiger partial charge on any atom is -0.288 e. The number of carbonyl (C=O) groups excluding carboxylic acids is 1. The van der Waals surface area contributed by atoms with Gasteiger partial charge >= 0.3 is 0 Å². The van der Waals surface area contributed by atoms with Crippen molar-refractivity contribution in [3.05, 3.63) is 68.3 Å². The lowest BCUT2D eigenvalue weighted by Gasteiger charge is -2.08. The van der Waals surface area contributed by atoms with Gasteiger partial charge in [-0.15, -0.1) is 11.3 Å². The molecule has 0 fully saturated rings. The van der Waals surface area contributed by atoms with Crippen LogP contribution in [0, 0.1) is 6.92 Å². The molecule has 94 valence electrons. The van der Waals surface area contributed by atoms with Crippen LogP contribution in [0.15, 0.2) is 52.3 Å². The second kappa shape index (κ2) is 4.91. The van der Waals surface area contributed by atoms with Crippen molar-refractivity contribution >= 4 is 43.8 Å². The summed E-state index contributed by atoms with van der Waals surface area (Å²) < 4.78 is 0.980. The summed E-state index contributed by atoms with van der Waals surface area (Å²) in [5.41, 5.74) is 1.83. The Morgan fingerprint density at radius 2 is 1.84 bits per heavy atom. The molecule has 0 saturated heterocycles. The van der Waals surface area contributed by atoms with Crippen molar-refractivity contribution in [1.82, 2.24) is 0 Å². The van der Waals surface area contributed by atoms with E-state index in [-0.39, 0.29) is 5.78 Å². The number of benzene rings is 2. The summed E-state index contributed by atoms with van der Waals surface area (Å²) in [6, 6.07) is 15.9. The van der Waals surface area contributed by atoms with Gasteiger partial charge in [0.1, 0.15) is 0 Å². The van der Waals surface area contributed by atoms with Crippen LogP contribution >= 0.6 is 27.3 Å². The van der Waals surface area contributed by atoms with Crippen LogP contribution in [0.4, 0.5) is 0 Å². The predicted molar refractivity (Wildman–Crippen MR) is 84.1 cm³/mol. The summed E-state index contributed by atoms with van der Waals surface area (Å²) in [5.74, 6) is 0.102. The lowest BCUT2D eigenvalue weighted by molar-refractivity contribution is 0.104. The Kier molecular flexibility index (Phi) is 3.25. The van der Waals surface area contributed by atoms with Crippen LogP contribution in [0.3, 0.4) is 0 Å². The van der Waals surface area contributed by atoms with E-state index in [1.807, 2.05) is 49.4 Å². The fourth-order valence-corrected chi connectivity index (χ4v) is 3.57. The van der Waals surface area contributed by atoms with E-state index in [4.69, 9.17) is 0 Å². The molecule has 0 radical (unpaired) electrons. The van der Waals surface area contributed by atoms with E-state index in [1.165, 1.54) is 11.3 Å². The molecule has 3 aromatic rings. The molecule has 0 bridgehead atoms. The minimum atomic E-state index is 0.102. The number of aryl methyl sites for hydroxylation is 1. The lowest BCUT2D eigenvalue weighted by Crippen LogP contribution is -2.02. The third-order valence-electron chi connectivity index (χ3n) is 3.16. The van der Waals surface area contributed by atoms with Gasteiger partial charge in [-0.2, -0.15) is 0 Å². The van der Waals surface area contributed by atoms with Crippen LogP contribution in [0.5, 0.6) is 0 Å². The Hall–Kier alpha value is -1.45. The van der Waals surface area contributed by atoms with Crippen LogP contribution < -0.4 is 0 Å². The number of carbonyl (C=O) groups is 1. The van der Waals surface area contributed by atoms with Crippen molar-refractivity contribution in [2.75, 3.05) is 0 Å². The van der Waals surface area contributed by atoms with Crippen molar-refractivity contribution in [1.29, 1.82) is 0 Å². The number of hydrogen-bond acceptors (Lipinski definition) is 2. The molecule has 3 rings (SSSR count). The highest BCUT2D eigenvalue weighted by atomic mass is 79.9. The smallest absolute Gasteiger partial charge is 0.203 e. The molecule has 0 N–H and O–H groups in total. The first kappa shape index (κ1) is 12.6. The number of thiophene rings is 1. The SMILES string of the molecule is Cc1ccc2ccccc2c1C(=O)c1ccc(Br)s1. The predicted octanol–water partition coefficient (Wildman–Crippen LogP) is 5.20. The van der Waals surface area contributed by atoms with Crippen LogP contribution in [-0.4, -0.2) is 5.78 Å². The number of hydrogen-bond donors (Lipinski definition) is 0. The van der Waals surface area contributed by atoms with E-state index in [2.05, 4.69) is 22.0 Å². The van der Waals surface area contributed by atoms with Crippen molar-refractivity contribution < 1.29 is 4.79 Å². The zero-order valence-electron chi connectivity index (χ0n) is 10.3. The monoisotopic (exact) mass is 330 g/mol. The first-order valence-electron chi connectivity index (χ1n) is 5.95. The molecule has 1 aromatic heterocycles. The van der Waals surface area contributed by atoms with Crippen molar-refractivity contribution in [2.24, 2.45) is 0 Å². The molecule has 0 aliphatic heterocycles. The Balaban J connectivity index is 2.24. The third-order valence-corrected chi connectivity index (χ3v) is 4.78. The first-order chi connectivity index (χ1) is 9.16. The highest BCUT2D eigenvalue weighted by molar-refractivity contribution is 9.11. The number of rotatable bonds is 2. The molecule has 1 heterocycles. The van der Waals surface area contributed by atoms with Crippen LogP contribution in [0.25, 0.3) is 10.8 Å². The molecule has 0 amide bonds. The fraction of sp³-hybridized carbons (Fsp3) is 0.0625. The summed E-state index contributed by atoms with van der Waals surface area (Å²) in [5, 5.41) is 2.13. The quantitative estimate of drug-likeness (QED) is 0.590. The molecular formula is C16H11BrOS. The van der Waals surface area contributed by atoms with Gasteiger partial charge in [-0.05, 0) is 51.3 Å². The average molecular weight is 331 g/mol. The van der Waals surface area contributed by atoms with Gasteiger partial charge in [0.2, 0.25) is 5.78 Å². The van der Waals surface area contributed by atoms with Gasteiger partial charge in [0, 0.05) is 5.56 Å². The first-order valence-corrected chi connectivity index (χ1v) is 7.56. The Morgan fingerprint density at radius 3 is 2.58 bits per heavy atom. The molecule has 0 aliphatic rings. The summed E-state index contributed by atoms with van der Waals surface area (Å²) in [6.07, 6.45) is 0. The number of halogens is 1. The second-order valence-electron chi connectivity index (χ2n) is 4.41. The normalized spacial score (nSPS) is 10.8. The number of ketones is 1. The highest BCUT2D eigenvalue weighted by Gasteiger charge is 2.16. The average Bonchev–Trinajstić information content (AvgIpc) is 2.85. The van der Waals surface area contributed by atoms with Crippen molar-refractivity contribution in [3.63, 3.8) is 0 Å². The highest BCUT2D eigenvalue weighted by Crippen LogP contribution is 2.29. The van der Waals surface area contributed by atoms with E-state index in [0.717, 1.165) is 30.6 Å². The molecule has 0 spiro atoms. The zero-order valence-corrected chi connectivity index (χ0v) is 12.7. The Morgan fingerprint density at radius 1 is 1.05 bits per heavy atom. The van der Waals surface area contributed by atoms with Gasteiger partial charge in [-0.25, -0.2) is 0 Å². The van der Waals surface area contributed by atoms with E-state index < -0.39 is 0 Å². The summed E-state index contributed by atoms with van der Waals surface area (Å²) in [4.78, 5) is 13.5. The largest absolute Gasteiger partial charge is 0.288 e. The van der Waals surface area contributed by atoms with Gasteiger partial charge in [-0.3, -0.25) is 4.79 Å². The molecule has 1 nitrogen and oxygen atoms in total. The van der Waals surface area contributed by atoms with Gasteiger partial charge in [-0.1, -0.05) is 36.4 Å². The lowest BCUT2D eigenvalue weighted by atomic mass is 9.96. The van der Waals surface area contributed by atoms with Gasteiger partial charge < -0.3 is 0 Å². The molecule has 3 heteroatoms. The molecule has 0 unspecified atom stereocenters. The van der Waals surface area contributed by atoms with E-state index in [1.54, 1.807) is 0 Å². The molecular weight excluding hydrogens is 320 g/mol. The van der Waals surface area contributed by atoms with Crippen LogP contribution in [0.1, 0.15) is 20.8 Å². The van der Waals surface area contributed by atoms with Gasteiger partial charge in [0.25, 0.3) is 0 Å². The van der Waals surface area contributed by atoms with Crippen molar-refractivity contribution in [3.8, 4) is 0 Å². The van der Waals surface area contributed by atoms with Gasteiger partial charge in [0.15, 0.2) is 0 Å². The number of fused-ring (bicyclic) bond motifs is 1. The molecule has 0 saturated carbocycles. The Bertz CT molecular complexity index is 773. The maximum absolute atomic E-state index is 12.7. The molecule has 2 aromatic carbocycles. The maximum Gasteiger partial charge on any atom is 0.203 e.